The van der Waals surface area contributed by atoms with Crippen LogP contribution in [0.4, 0.5) is 4.39 Å². The highest BCUT2D eigenvalue weighted by molar-refractivity contribution is 8.28. The quantitative estimate of drug-likeness (QED) is 0.151. The average Bonchev–Trinajstić information content (AvgIpc) is 3.30. The fourth-order valence-electron chi connectivity index (χ4n) is 4.02. The molecule has 0 aliphatic rings. The lowest BCUT2D eigenvalue weighted by Gasteiger charge is -2.23. The summed E-state index contributed by atoms with van der Waals surface area (Å²) in [4.78, 5) is 18.8. The Balaban J connectivity index is 2.16. The summed E-state index contributed by atoms with van der Waals surface area (Å²) in [7, 11) is -1.89. The van der Waals surface area contributed by atoms with Gasteiger partial charge in [0.05, 0.1) is 6.61 Å². The molecule has 0 spiro atoms. The summed E-state index contributed by atoms with van der Waals surface area (Å²) in [6.07, 6.45) is 10.5. The average molecular weight is 538 g/mol. The minimum Gasteiger partial charge on any atom is -0.465 e. The first-order chi connectivity index (χ1) is 18.0. The molecule has 1 N–H and O–H groups in total. The zero-order chi connectivity index (χ0) is 27.9. The fraction of sp³-hybridized carbons (Fsp3) is 0.290. The van der Waals surface area contributed by atoms with Crippen LogP contribution in [-0.4, -0.2) is 34.6 Å². The van der Waals surface area contributed by atoms with Crippen LogP contribution in [0.2, 0.25) is 0 Å². The summed E-state index contributed by atoms with van der Waals surface area (Å²) in [5.74, 6) is -0.890. The lowest BCUT2D eigenvalue weighted by atomic mass is 9.95. The van der Waals surface area contributed by atoms with E-state index in [1.54, 1.807) is 31.6 Å². The molecule has 2 aromatic carbocycles. The number of esters is 1. The SMILES string of the molecule is C=C(C)/C=C(\C/C=C\C)CC(C(=O)OCC)c1nc(-c2ccc(F)cc2)c(-c2ccc(S(C)(C)O)cc2)o1. The summed E-state index contributed by atoms with van der Waals surface area (Å²) in [5.41, 5.74) is 3.75. The molecule has 38 heavy (non-hydrogen) atoms. The van der Waals surface area contributed by atoms with Gasteiger partial charge in [-0.05, 0) is 82.5 Å². The van der Waals surface area contributed by atoms with Crippen molar-refractivity contribution >= 4 is 16.3 Å². The number of halogens is 1. The Morgan fingerprint density at radius 1 is 1.16 bits per heavy atom. The molecule has 0 aliphatic carbocycles. The second kappa shape index (κ2) is 12.9. The molecule has 3 aromatic rings. The van der Waals surface area contributed by atoms with Crippen LogP contribution >= 0.6 is 10.3 Å². The van der Waals surface area contributed by atoms with Gasteiger partial charge in [0.2, 0.25) is 5.89 Å². The Hall–Kier alpha value is -3.42. The van der Waals surface area contributed by atoms with Crippen molar-refractivity contribution in [3.63, 3.8) is 0 Å². The second-order valence-electron chi connectivity index (χ2n) is 9.46. The van der Waals surface area contributed by atoms with E-state index in [1.807, 2.05) is 56.3 Å². The van der Waals surface area contributed by atoms with Crippen molar-refractivity contribution in [3.8, 4) is 22.6 Å². The highest BCUT2D eigenvalue weighted by atomic mass is 32.3. The molecule has 3 rings (SSSR count). The molecule has 0 bridgehead atoms. The summed E-state index contributed by atoms with van der Waals surface area (Å²) < 4.78 is 35.9. The van der Waals surface area contributed by atoms with Gasteiger partial charge in [0.15, 0.2) is 5.76 Å². The smallest absolute Gasteiger partial charge is 0.318 e. The third-order valence-corrected chi connectivity index (χ3v) is 7.28. The van der Waals surface area contributed by atoms with Crippen molar-refractivity contribution in [2.45, 2.75) is 44.4 Å². The van der Waals surface area contributed by atoms with Gasteiger partial charge < -0.3 is 13.7 Å². The molecule has 0 saturated carbocycles. The number of ether oxygens (including phenoxy) is 1. The molecule has 1 unspecified atom stereocenters. The topological polar surface area (TPSA) is 72.6 Å². The van der Waals surface area contributed by atoms with E-state index in [0.717, 1.165) is 21.6 Å². The maximum Gasteiger partial charge on any atom is 0.318 e. The van der Waals surface area contributed by atoms with Crippen LogP contribution in [0, 0.1) is 5.82 Å². The number of hydrogen-bond acceptors (Lipinski definition) is 5. The van der Waals surface area contributed by atoms with Gasteiger partial charge in [0, 0.05) is 16.0 Å². The van der Waals surface area contributed by atoms with Crippen LogP contribution in [-0.2, 0) is 9.53 Å². The number of hydrogen-bond donors (Lipinski definition) is 1. The Morgan fingerprint density at radius 2 is 1.79 bits per heavy atom. The maximum atomic E-state index is 13.7. The zero-order valence-corrected chi connectivity index (χ0v) is 23.5. The molecule has 0 radical (unpaired) electrons. The van der Waals surface area contributed by atoms with Crippen LogP contribution in [0.1, 0.15) is 45.4 Å². The Labute approximate surface area is 226 Å². The third-order valence-electron chi connectivity index (χ3n) is 5.86. The van der Waals surface area contributed by atoms with Gasteiger partial charge in [-0.1, -0.05) is 48.1 Å². The van der Waals surface area contributed by atoms with Crippen LogP contribution in [0.25, 0.3) is 22.6 Å². The van der Waals surface area contributed by atoms with Gasteiger partial charge in [-0.2, -0.15) is 0 Å². The maximum absolute atomic E-state index is 13.7. The number of rotatable bonds is 11. The first kappa shape index (κ1) is 29.1. The van der Waals surface area contributed by atoms with E-state index < -0.39 is 22.2 Å². The van der Waals surface area contributed by atoms with Crippen molar-refractivity contribution in [2.75, 3.05) is 19.1 Å². The third kappa shape index (κ3) is 7.55. The molecule has 1 atom stereocenters. The Bertz CT molecular complexity index is 1320. The normalized spacial score (nSPS) is 13.5. The van der Waals surface area contributed by atoms with Gasteiger partial charge >= 0.3 is 5.97 Å². The fourth-order valence-corrected chi connectivity index (χ4v) is 4.82. The van der Waals surface area contributed by atoms with E-state index in [9.17, 15) is 13.7 Å². The molecule has 7 heteroatoms. The summed E-state index contributed by atoms with van der Waals surface area (Å²) in [6, 6.07) is 13.4. The molecular formula is C31H36FNO4S. The molecule has 1 heterocycles. The largest absolute Gasteiger partial charge is 0.465 e. The lowest BCUT2D eigenvalue weighted by Crippen LogP contribution is -2.17. The van der Waals surface area contributed by atoms with Crippen molar-refractivity contribution in [3.05, 3.63) is 96.2 Å². The first-order valence-corrected chi connectivity index (χ1v) is 14.9. The summed E-state index contributed by atoms with van der Waals surface area (Å²) in [5, 5.41) is 0. The Kier molecular flexibility index (Phi) is 9.89. The molecule has 202 valence electrons. The van der Waals surface area contributed by atoms with Gasteiger partial charge in [0.1, 0.15) is 17.4 Å². The summed E-state index contributed by atoms with van der Waals surface area (Å²) in [6.45, 7) is 9.83. The van der Waals surface area contributed by atoms with Crippen LogP contribution < -0.4 is 0 Å². The Morgan fingerprint density at radius 3 is 2.34 bits per heavy atom. The van der Waals surface area contributed by atoms with Crippen molar-refractivity contribution < 1.29 is 22.9 Å². The molecule has 1 aromatic heterocycles. The monoisotopic (exact) mass is 537 g/mol. The van der Waals surface area contributed by atoms with E-state index in [1.165, 1.54) is 12.1 Å². The van der Waals surface area contributed by atoms with Crippen LogP contribution in [0.15, 0.2) is 93.8 Å². The van der Waals surface area contributed by atoms with Gasteiger partial charge in [-0.25, -0.2) is 9.37 Å². The lowest BCUT2D eigenvalue weighted by molar-refractivity contribution is -0.145. The van der Waals surface area contributed by atoms with Crippen molar-refractivity contribution in [1.29, 1.82) is 0 Å². The van der Waals surface area contributed by atoms with Gasteiger partial charge in [-0.15, -0.1) is 10.3 Å². The summed E-state index contributed by atoms with van der Waals surface area (Å²) >= 11 is 0. The number of nitrogens with zero attached hydrogens (tertiary/aromatic N) is 1. The van der Waals surface area contributed by atoms with Crippen molar-refractivity contribution in [1.82, 2.24) is 4.98 Å². The van der Waals surface area contributed by atoms with E-state index in [-0.39, 0.29) is 18.3 Å². The number of aromatic nitrogens is 1. The van der Waals surface area contributed by atoms with Gasteiger partial charge in [0.25, 0.3) is 0 Å². The molecule has 0 saturated heterocycles. The highest BCUT2D eigenvalue weighted by Crippen LogP contribution is 2.45. The number of allylic oxidation sites excluding steroid dienone is 5. The first-order valence-electron chi connectivity index (χ1n) is 12.5. The van der Waals surface area contributed by atoms with Crippen LogP contribution in [0.5, 0.6) is 0 Å². The highest BCUT2D eigenvalue weighted by Gasteiger charge is 2.30. The van der Waals surface area contributed by atoms with Gasteiger partial charge in [-0.3, -0.25) is 4.79 Å². The van der Waals surface area contributed by atoms with E-state index in [0.29, 0.717) is 29.9 Å². The zero-order valence-electron chi connectivity index (χ0n) is 22.7. The minimum absolute atomic E-state index is 0.225. The predicted octanol–water partition coefficient (Wildman–Crippen LogP) is 8.55. The second-order valence-corrected chi connectivity index (χ2v) is 12.5. The number of oxazole rings is 1. The molecule has 0 aliphatic heterocycles. The van der Waals surface area contributed by atoms with E-state index in [2.05, 4.69) is 6.58 Å². The molecule has 0 amide bonds. The number of carbonyl (C=O) groups is 1. The number of carbonyl (C=O) groups excluding carboxylic acids is 1. The van der Waals surface area contributed by atoms with Crippen LogP contribution in [0.3, 0.4) is 0 Å². The molecule has 5 nitrogen and oxygen atoms in total. The standard InChI is InChI=1S/C31H36FNO4S/c1-7-9-10-22(19-21(3)4)20-27(31(34)36-8-2)30-33-28(23-11-15-25(32)16-12-23)29(37-30)24-13-17-26(18-14-24)38(5,6)35/h7,9,11-19,27,35H,3,8,10,20H2,1-2,4-6H3/b9-7-,22-19+. The number of benzene rings is 2. The predicted molar refractivity (Wildman–Crippen MR) is 154 cm³/mol. The van der Waals surface area contributed by atoms with E-state index in [4.69, 9.17) is 14.1 Å². The molecule has 0 fully saturated rings. The molecular weight excluding hydrogens is 501 g/mol. The van der Waals surface area contributed by atoms with Crippen molar-refractivity contribution in [2.24, 2.45) is 0 Å². The van der Waals surface area contributed by atoms with E-state index >= 15 is 0 Å². The minimum atomic E-state index is -1.89.